The van der Waals surface area contributed by atoms with Crippen molar-refractivity contribution in [3.8, 4) is 0 Å². The summed E-state index contributed by atoms with van der Waals surface area (Å²) in [5, 5.41) is 7.66. The summed E-state index contributed by atoms with van der Waals surface area (Å²) in [5.41, 5.74) is 6.72. The topological polar surface area (TPSA) is 49.9 Å². The Hall–Kier alpha value is -0.370. The van der Waals surface area contributed by atoms with Gasteiger partial charge in [-0.3, -0.25) is 0 Å². The summed E-state index contributed by atoms with van der Waals surface area (Å²) in [6.07, 6.45) is 1.06. The molecule has 0 bridgehead atoms. The quantitative estimate of drug-likeness (QED) is 0.625. The summed E-state index contributed by atoms with van der Waals surface area (Å²) in [6.45, 7) is 10.3. The van der Waals surface area contributed by atoms with Crippen LogP contribution in [0.1, 0.15) is 41.0 Å². The predicted octanol–water partition coefficient (Wildman–Crippen LogP) is 2.43. The second-order valence-corrected chi connectivity index (χ2v) is 4.36. The zero-order chi connectivity index (χ0) is 9.94. The van der Waals surface area contributed by atoms with Crippen LogP contribution in [0.5, 0.6) is 0 Å². The fraction of sp³-hybridized carbons (Fsp3) is 0.900. The first kappa shape index (κ1) is 11.6. The molecule has 2 atom stereocenters. The van der Waals surface area contributed by atoms with Crippen LogP contribution in [0.15, 0.2) is 0 Å². The molecule has 0 fully saturated rings. The molecule has 0 aromatic carbocycles. The smallest absolute Gasteiger partial charge is 0.0163 e. The minimum absolute atomic E-state index is 0.0810. The Balaban J connectivity index is 4.62. The maximum Gasteiger partial charge on any atom is 0.0163 e. The Morgan fingerprint density at radius 1 is 1.50 bits per heavy atom. The zero-order valence-electron chi connectivity index (χ0n) is 8.94. The van der Waals surface area contributed by atoms with Crippen LogP contribution in [0.3, 0.4) is 0 Å². The van der Waals surface area contributed by atoms with E-state index < -0.39 is 0 Å². The third-order valence-electron chi connectivity index (χ3n) is 2.75. The highest BCUT2D eigenvalue weighted by molar-refractivity contribution is 5.82. The van der Waals surface area contributed by atoms with Crippen LogP contribution in [-0.4, -0.2) is 11.8 Å². The minimum atomic E-state index is 0.0810. The molecule has 0 spiro atoms. The zero-order valence-corrected chi connectivity index (χ0v) is 8.94. The van der Waals surface area contributed by atoms with Gasteiger partial charge < -0.3 is 11.1 Å². The van der Waals surface area contributed by atoms with Gasteiger partial charge in [0.15, 0.2) is 0 Å². The monoisotopic (exact) mass is 170 g/mol. The largest absolute Gasteiger partial charge is 0.327 e. The first-order chi connectivity index (χ1) is 5.33. The SMILES string of the molecule is CCC(C)(C)C(C(C)=N)C(C)N. The molecule has 0 aliphatic rings. The van der Waals surface area contributed by atoms with Gasteiger partial charge in [-0.05, 0) is 19.3 Å². The van der Waals surface area contributed by atoms with Crippen LogP contribution in [0.25, 0.3) is 0 Å². The molecule has 0 aliphatic heterocycles. The van der Waals surface area contributed by atoms with Crippen LogP contribution in [-0.2, 0) is 0 Å². The Labute approximate surface area is 76.0 Å². The van der Waals surface area contributed by atoms with E-state index in [1.165, 1.54) is 0 Å². The highest BCUT2D eigenvalue weighted by atomic mass is 14.7. The normalized spacial score (nSPS) is 17.2. The van der Waals surface area contributed by atoms with Crippen molar-refractivity contribution in [2.45, 2.75) is 47.1 Å². The summed E-state index contributed by atoms with van der Waals surface area (Å²) in [4.78, 5) is 0. The fourth-order valence-corrected chi connectivity index (χ4v) is 1.91. The molecule has 0 aromatic rings. The number of rotatable bonds is 4. The summed E-state index contributed by atoms with van der Waals surface area (Å²) >= 11 is 0. The van der Waals surface area contributed by atoms with Gasteiger partial charge in [-0.25, -0.2) is 0 Å². The van der Waals surface area contributed by atoms with Crippen molar-refractivity contribution >= 4 is 5.71 Å². The highest BCUT2D eigenvalue weighted by Gasteiger charge is 2.31. The second kappa shape index (κ2) is 4.04. The van der Waals surface area contributed by atoms with Crippen molar-refractivity contribution in [1.82, 2.24) is 0 Å². The van der Waals surface area contributed by atoms with Gasteiger partial charge >= 0.3 is 0 Å². The molecule has 0 amide bonds. The van der Waals surface area contributed by atoms with Gasteiger partial charge in [-0.15, -0.1) is 0 Å². The van der Waals surface area contributed by atoms with E-state index in [0.717, 1.165) is 6.42 Å². The molecule has 2 nitrogen and oxygen atoms in total. The summed E-state index contributed by atoms with van der Waals surface area (Å²) in [5.74, 6) is 0.211. The van der Waals surface area contributed by atoms with Gasteiger partial charge in [-0.2, -0.15) is 0 Å². The molecule has 0 saturated heterocycles. The summed E-state index contributed by atoms with van der Waals surface area (Å²) in [6, 6.07) is 0.0810. The molecule has 0 radical (unpaired) electrons. The second-order valence-electron chi connectivity index (χ2n) is 4.36. The van der Waals surface area contributed by atoms with E-state index in [-0.39, 0.29) is 17.4 Å². The molecule has 0 heterocycles. The lowest BCUT2D eigenvalue weighted by molar-refractivity contribution is 0.238. The Kier molecular flexibility index (Phi) is 3.91. The molecule has 0 saturated carbocycles. The van der Waals surface area contributed by atoms with Crippen LogP contribution in [0.4, 0.5) is 0 Å². The van der Waals surface area contributed by atoms with Gasteiger partial charge in [0.1, 0.15) is 0 Å². The number of nitrogens with two attached hydrogens (primary N) is 1. The third-order valence-corrected chi connectivity index (χ3v) is 2.75. The van der Waals surface area contributed by atoms with Crippen LogP contribution in [0, 0.1) is 16.7 Å². The molecular formula is C10H22N2. The van der Waals surface area contributed by atoms with E-state index in [2.05, 4.69) is 20.8 Å². The van der Waals surface area contributed by atoms with Crippen molar-refractivity contribution in [3.05, 3.63) is 0 Å². The maximum absolute atomic E-state index is 7.66. The van der Waals surface area contributed by atoms with Gasteiger partial charge in [-0.1, -0.05) is 27.2 Å². The molecule has 0 aromatic heterocycles. The van der Waals surface area contributed by atoms with Crippen molar-refractivity contribution in [2.75, 3.05) is 0 Å². The number of hydrogen-bond acceptors (Lipinski definition) is 2. The molecular weight excluding hydrogens is 148 g/mol. The van der Waals surface area contributed by atoms with Crippen molar-refractivity contribution in [3.63, 3.8) is 0 Å². The molecule has 0 aliphatic carbocycles. The lowest BCUT2D eigenvalue weighted by Gasteiger charge is -2.35. The molecule has 0 rings (SSSR count). The van der Waals surface area contributed by atoms with Crippen LogP contribution < -0.4 is 5.73 Å². The van der Waals surface area contributed by atoms with Crippen LogP contribution >= 0.6 is 0 Å². The Bertz CT molecular complexity index is 159. The summed E-state index contributed by atoms with van der Waals surface area (Å²) < 4.78 is 0. The Morgan fingerprint density at radius 3 is 2.00 bits per heavy atom. The van der Waals surface area contributed by atoms with Crippen molar-refractivity contribution in [1.29, 1.82) is 5.41 Å². The molecule has 72 valence electrons. The first-order valence-corrected chi connectivity index (χ1v) is 4.63. The third kappa shape index (κ3) is 2.59. The fourth-order valence-electron chi connectivity index (χ4n) is 1.91. The van der Waals surface area contributed by atoms with Gasteiger partial charge in [0, 0.05) is 17.7 Å². The standard InChI is InChI=1S/C10H22N2/c1-6-10(4,5)9(7(2)11)8(3)12/h7,9,12H,6,11H2,1-5H3. The van der Waals surface area contributed by atoms with Gasteiger partial charge in [0.2, 0.25) is 0 Å². The van der Waals surface area contributed by atoms with Gasteiger partial charge in [0.25, 0.3) is 0 Å². The molecule has 2 heteroatoms. The van der Waals surface area contributed by atoms with Crippen molar-refractivity contribution in [2.24, 2.45) is 17.1 Å². The maximum atomic E-state index is 7.66. The molecule has 2 unspecified atom stereocenters. The average Bonchev–Trinajstić information content (AvgIpc) is 1.84. The van der Waals surface area contributed by atoms with E-state index in [1.54, 1.807) is 0 Å². The Morgan fingerprint density at radius 2 is 1.92 bits per heavy atom. The first-order valence-electron chi connectivity index (χ1n) is 4.63. The lowest BCUT2D eigenvalue weighted by Crippen LogP contribution is -2.41. The van der Waals surface area contributed by atoms with E-state index in [4.69, 9.17) is 11.1 Å². The molecule has 12 heavy (non-hydrogen) atoms. The predicted molar refractivity (Wildman–Crippen MR) is 54.6 cm³/mol. The average molecular weight is 170 g/mol. The van der Waals surface area contributed by atoms with E-state index >= 15 is 0 Å². The minimum Gasteiger partial charge on any atom is -0.327 e. The molecule has 3 N–H and O–H groups in total. The van der Waals surface area contributed by atoms with E-state index in [0.29, 0.717) is 5.71 Å². The number of nitrogens with one attached hydrogen (secondary N) is 1. The van der Waals surface area contributed by atoms with E-state index in [1.807, 2.05) is 13.8 Å². The summed E-state index contributed by atoms with van der Waals surface area (Å²) in [7, 11) is 0. The highest BCUT2D eigenvalue weighted by Crippen LogP contribution is 2.32. The van der Waals surface area contributed by atoms with Crippen LogP contribution in [0.2, 0.25) is 0 Å². The lowest BCUT2D eigenvalue weighted by atomic mass is 9.71. The van der Waals surface area contributed by atoms with Crippen molar-refractivity contribution < 1.29 is 0 Å². The van der Waals surface area contributed by atoms with Gasteiger partial charge in [0.05, 0.1) is 0 Å². The van der Waals surface area contributed by atoms with E-state index in [9.17, 15) is 0 Å². The number of hydrogen-bond donors (Lipinski definition) is 2.